The molecule has 1 aromatic carbocycles. The second-order valence-electron chi connectivity index (χ2n) is 5.40. The van der Waals surface area contributed by atoms with Gasteiger partial charge in [-0.05, 0) is 19.1 Å². The standard InChI is InChI=1S/C17H18FN3/c1-11-5-7-13(8-6-11)15-16(12(2)10-19)21-9-3-4-14(18)17(21)20-15/h3-9,12H,10,19H2,1-2H3. The van der Waals surface area contributed by atoms with Crippen LogP contribution in [-0.2, 0) is 0 Å². The van der Waals surface area contributed by atoms with Crippen LogP contribution in [-0.4, -0.2) is 15.9 Å². The lowest BCUT2D eigenvalue weighted by Crippen LogP contribution is -2.12. The monoisotopic (exact) mass is 283 g/mol. The predicted octanol–water partition coefficient (Wildman–Crippen LogP) is 3.51. The van der Waals surface area contributed by atoms with E-state index < -0.39 is 0 Å². The van der Waals surface area contributed by atoms with E-state index in [1.807, 2.05) is 48.7 Å². The summed E-state index contributed by atoms with van der Waals surface area (Å²) in [5, 5.41) is 0. The fourth-order valence-electron chi connectivity index (χ4n) is 2.56. The Hall–Kier alpha value is -2.20. The number of imidazole rings is 1. The van der Waals surface area contributed by atoms with Crippen molar-refractivity contribution in [3.8, 4) is 11.3 Å². The average Bonchev–Trinajstić information content (AvgIpc) is 2.88. The molecule has 0 saturated heterocycles. The van der Waals surface area contributed by atoms with E-state index in [2.05, 4.69) is 4.98 Å². The molecule has 2 aromatic heterocycles. The highest BCUT2D eigenvalue weighted by Gasteiger charge is 2.20. The number of benzene rings is 1. The van der Waals surface area contributed by atoms with Gasteiger partial charge in [0.05, 0.1) is 11.4 Å². The van der Waals surface area contributed by atoms with Crippen LogP contribution in [0.25, 0.3) is 16.9 Å². The second-order valence-corrected chi connectivity index (χ2v) is 5.40. The molecule has 0 spiro atoms. The van der Waals surface area contributed by atoms with E-state index in [1.54, 1.807) is 6.07 Å². The molecule has 3 nitrogen and oxygen atoms in total. The number of hydrogen-bond donors (Lipinski definition) is 1. The van der Waals surface area contributed by atoms with Crippen molar-refractivity contribution < 1.29 is 4.39 Å². The molecule has 1 atom stereocenters. The molecule has 2 N–H and O–H groups in total. The van der Waals surface area contributed by atoms with Crippen LogP contribution in [0.2, 0.25) is 0 Å². The van der Waals surface area contributed by atoms with Gasteiger partial charge >= 0.3 is 0 Å². The number of halogens is 1. The molecular weight excluding hydrogens is 265 g/mol. The van der Waals surface area contributed by atoms with E-state index >= 15 is 0 Å². The minimum atomic E-state index is -0.318. The lowest BCUT2D eigenvalue weighted by molar-refractivity contribution is 0.627. The zero-order chi connectivity index (χ0) is 15.0. The molecule has 0 saturated carbocycles. The number of fused-ring (bicyclic) bond motifs is 1. The summed E-state index contributed by atoms with van der Waals surface area (Å²) < 4.78 is 15.8. The fourth-order valence-corrected chi connectivity index (χ4v) is 2.56. The third-order valence-corrected chi connectivity index (χ3v) is 3.78. The average molecular weight is 283 g/mol. The van der Waals surface area contributed by atoms with Crippen molar-refractivity contribution >= 4 is 5.65 Å². The molecule has 0 radical (unpaired) electrons. The minimum Gasteiger partial charge on any atom is -0.330 e. The Balaban J connectivity index is 2.30. The van der Waals surface area contributed by atoms with Gasteiger partial charge < -0.3 is 10.1 Å². The first kappa shape index (κ1) is 13.8. The summed E-state index contributed by atoms with van der Waals surface area (Å²) in [7, 11) is 0. The summed E-state index contributed by atoms with van der Waals surface area (Å²) in [6.07, 6.45) is 1.84. The van der Waals surface area contributed by atoms with E-state index in [9.17, 15) is 4.39 Å². The molecule has 0 amide bonds. The van der Waals surface area contributed by atoms with E-state index in [1.165, 1.54) is 11.6 Å². The van der Waals surface area contributed by atoms with Gasteiger partial charge in [0.15, 0.2) is 11.5 Å². The molecule has 0 aliphatic carbocycles. The van der Waals surface area contributed by atoms with Crippen LogP contribution in [0.15, 0.2) is 42.6 Å². The van der Waals surface area contributed by atoms with Crippen LogP contribution in [0.1, 0.15) is 24.1 Å². The second kappa shape index (κ2) is 5.30. The Bertz CT molecular complexity index is 775. The molecule has 0 aliphatic heterocycles. The Kier molecular flexibility index (Phi) is 3.47. The van der Waals surface area contributed by atoms with Crippen LogP contribution in [0.5, 0.6) is 0 Å². The largest absolute Gasteiger partial charge is 0.330 e. The maximum atomic E-state index is 14.0. The Morgan fingerprint density at radius 2 is 1.95 bits per heavy atom. The number of nitrogens with two attached hydrogens (primary N) is 1. The molecule has 0 aliphatic rings. The third-order valence-electron chi connectivity index (χ3n) is 3.78. The molecule has 0 bridgehead atoms. The van der Waals surface area contributed by atoms with E-state index in [4.69, 9.17) is 5.73 Å². The molecule has 3 aromatic rings. The topological polar surface area (TPSA) is 43.3 Å². The first-order valence-electron chi connectivity index (χ1n) is 7.05. The van der Waals surface area contributed by atoms with Crippen molar-refractivity contribution in [2.45, 2.75) is 19.8 Å². The first-order chi connectivity index (χ1) is 10.1. The number of aromatic nitrogens is 2. The molecule has 0 fully saturated rings. The van der Waals surface area contributed by atoms with Gasteiger partial charge in [-0.2, -0.15) is 0 Å². The van der Waals surface area contributed by atoms with Crippen molar-refractivity contribution in [2.24, 2.45) is 5.73 Å². The van der Waals surface area contributed by atoms with Gasteiger partial charge in [-0.1, -0.05) is 36.8 Å². The first-order valence-corrected chi connectivity index (χ1v) is 7.05. The Labute approximate surface area is 123 Å². The molecule has 21 heavy (non-hydrogen) atoms. The van der Waals surface area contributed by atoms with Gasteiger partial charge in [0.2, 0.25) is 0 Å². The van der Waals surface area contributed by atoms with Crippen LogP contribution in [0.3, 0.4) is 0 Å². The zero-order valence-electron chi connectivity index (χ0n) is 12.2. The molecular formula is C17H18FN3. The quantitative estimate of drug-likeness (QED) is 0.799. The Morgan fingerprint density at radius 1 is 1.24 bits per heavy atom. The van der Waals surface area contributed by atoms with Gasteiger partial charge in [-0.3, -0.25) is 0 Å². The van der Waals surface area contributed by atoms with E-state index in [0.717, 1.165) is 17.0 Å². The van der Waals surface area contributed by atoms with Gasteiger partial charge in [-0.15, -0.1) is 0 Å². The van der Waals surface area contributed by atoms with Crippen LogP contribution in [0.4, 0.5) is 4.39 Å². The molecule has 1 unspecified atom stereocenters. The maximum absolute atomic E-state index is 14.0. The third kappa shape index (κ3) is 2.32. The summed E-state index contributed by atoms with van der Waals surface area (Å²) in [6, 6.07) is 11.2. The smallest absolute Gasteiger partial charge is 0.173 e. The minimum absolute atomic E-state index is 0.0955. The summed E-state index contributed by atoms with van der Waals surface area (Å²) in [6.45, 7) is 4.56. The van der Waals surface area contributed by atoms with Crippen molar-refractivity contribution in [3.63, 3.8) is 0 Å². The summed E-state index contributed by atoms with van der Waals surface area (Å²) in [4.78, 5) is 4.51. The highest BCUT2D eigenvalue weighted by atomic mass is 19.1. The Morgan fingerprint density at radius 3 is 2.62 bits per heavy atom. The van der Waals surface area contributed by atoms with E-state index in [0.29, 0.717) is 12.2 Å². The number of pyridine rings is 1. The SMILES string of the molecule is Cc1ccc(-c2nc3c(F)cccn3c2C(C)CN)cc1. The van der Waals surface area contributed by atoms with Gasteiger partial charge in [0, 0.05) is 24.2 Å². The molecule has 2 heterocycles. The molecule has 108 valence electrons. The zero-order valence-corrected chi connectivity index (χ0v) is 12.2. The summed E-state index contributed by atoms with van der Waals surface area (Å²) in [5.41, 5.74) is 10.1. The predicted molar refractivity (Wildman–Crippen MR) is 82.8 cm³/mol. The van der Waals surface area contributed by atoms with Crippen LogP contribution < -0.4 is 5.73 Å². The fraction of sp³-hybridized carbons (Fsp3) is 0.235. The molecule has 3 rings (SSSR count). The van der Waals surface area contributed by atoms with Crippen molar-refractivity contribution in [3.05, 3.63) is 59.7 Å². The van der Waals surface area contributed by atoms with Crippen molar-refractivity contribution in [1.82, 2.24) is 9.38 Å². The number of hydrogen-bond acceptors (Lipinski definition) is 2. The van der Waals surface area contributed by atoms with E-state index in [-0.39, 0.29) is 11.7 Å². The lowest BCUT2D eigenvalue weighted by Gasteiger charge is -2.11. The van der Waals surface area contributed by atoms with Crippen LogP contribution in [0, 0.1) is 12.7 Å². The summed E-state index contributed by atoms with van der Waals surface area (Å²) in [5.74, 6) is -0.223. The van der Waals surface area contributed by atoms with Crippen LogP contribution >= 0.6 is 0 Å². The number of rotatable bonds is 3. The number of nitrogens with zero attached hydrogens (tertiary/aromatic N) is 2. The number of aryl methyl sites for hydroxylation is 1. The van der Waals surface area contributed by atoms with Gasteiger partial charge in [-0.25, -0.2) is 9.37 Å². The highest BCUT2D eigenvalue weighted by Crippen LogP contribution is 2.30. The summed E-state index contributed by atoms with van der Waals surface area (Å²) >= 11 is 0. The van der Waals surface area contributed by atoms with Crippen molar-refractivity contribution in [2.75, 3.05) is 6.54 Å². The normalized spacial score (nSPS) is 12.8. The van der Waals surface area contributed by atoms with Gasteiger partial charge in [0.1, 0.15) is 0 Å². The maximum Gasteiger partial charge on any atom is 0.173 e. The molecule has 4 heteroatoms. The highest BCUT2D eigenvalue weighted by molar-refractivity contribution is 5.67. The lowest BCUT2D eigenvalue weighted by atomic mass is 10.0. The van der Waals surface area contributed by atoms with Crippen molar-refractivity contribution in [1.29, 1.82) is 0 Å². The van der Waals surface area contributed by atoms with Gasteiger partial charge in [0.25, 0.3) is 0 Å².